The molecule has 0 aliphatic carbocycles. The van der Waals surface area contributed by atoms with Gasteiger partial charge in [-0.25, -0.2) is 15.2 Å². The Hall–Kier alpha value is -4.33. The Morgan fingerprint density at radius 1 is 1.07 bits per heavy atom. The molecule has 2 aromatic heterocycles. The Balaban J connectivity index is 1.33. The van der Waals surface area contributed by atoms with Gasteiger partial charge in [0, 0.05) is 18.1 Å². The number of anilines is 1. The molecule has 0 saturated carbocycles. The average molecular weight is 387 g/mol. The number of phenols is 1. The van der Waals surface area contributed by atoms with Crippen LogP contribution in [-0.4, -0.2) is 27.3 Å². The number of aromatic hydroxyl groups is 1. The quantitative estimate of drug-likeness (QED) is 0.303. The first-order valence-corrected chi connectivity index (χ1v) is 8.76. The lowest BCUT2D eigenvalue weighted by atomic mass is 10.2. The lowest BCUT2D eigenvalue weighted by Gasteiger charge is -2.08. The molecular weight excluding hydrogens is 370 g/mol. The summed E-state index contributed by atoms with van der Waals surface area (Å²) in [7, 11) is 0. The van der Waals surface area contributed by atoms with E-state index in [0.29, 0.717) is 17.2 Å². The van der Waals surface area contributed by atoms with E-state index in [1.54, 1.807) is 54.9 Å². The van der Waals surface area contributed by atoms with Crippen LogP contribution in [0.5, 0.6) is 17.2 Å². The maximum atomic E-state index is 11.9. The fourth-order valence-electron chi connectivity index (χ4n) is 2.64. The van der Waals surface area contributed by atoms with Gasteiger partial charge in [0.25, 0.3) is 0 Å². The number of hydrogen-bond donors (Lipinski definition) is 4. The second-order valence-corrected chi connectivity index (χ2v) is 6.09. The van der Waals surface area contributed by atoms with Crippen LogP contribution in [0.25, 0.3) is 11.0 Å². The molecule has 8 nitrogen and oxygen atoms in total. The molecular formula is C21H17N5O3. The van der Waals surface area contributed by atoms with E-state index in [9.17, 15) is 9.90 Å². The van der Waals surface area contributed by atoms with Crippen LogP contribution >= 0.6 is 0 Å². The number of urea groups is 1. The molecule has 0 fully saturated rings. The zero-order valence-corrected chi connectivity index (χ0v) is 15.2. The Labute approximate surface area is 165 Å². The molecule has 2 amide bonds. The zero-order chi connectivity index (χ0) is 20.1. The molecule has 0 bridgehead atoms. The number of carbonyl (C=O) groups is 1. The van der Waals surface area contributed by atoms with E-state index >= 15 is 0 Å². The van der Waals surface area contributed by atoms with Gasteiger partial charge < -0.3 is 20.1 Å². The van der Waals surface area contributed by atoms with Gasteiger partial charge in [0.15, 0.2) is 0 Å². The van der Waals surface area contributed by atoms with Crippen LogP contribution in [0.3, 0.4) is 0 Å². The van der Waals surface area contributed by atoms with Crippen molar-refractivity contribution < 1.29 is 14.6 Å². The fraction of sp³-hybridized carbons (Fsp3) is 0. The van der Waals surface area contributed by atoms with Crippen molar-refractivity contribution in [1.29, 1.82) is 0 Å². The minimum Gasteiger partial charge on any atom is -0.508 e. The number of hydrogen-bond acceptors (Lipinski definition) is 5. The van der Waals surface area contributed by atoms with E-state index in [1.807, 2.05) is 6.07 Å². The molecule has 4 aromatic rings. The van der Waals surface area contributed by atoms with Crippen molar-refractivity contribution in [2.24, 2.45) is 5.10 Å². The molecule has 8 heteroatoms. The largest absolute Gasteiger partial charge is 0.508 e. The first-order valence-electron chi connectivity index (χ1n) is 8.76. The van der Waals surface area contributed by atoms with Gasteiger partial charge in [-0.15, -0.1) is 0 Å². The van der Waals surface area contributed by atoms with Gasteiger partial charge in [-0.05, 0) is 66.2 Å². The molecule has 2 heterocycles. The summed E-state index contributed by atoms with van der Waals surface area (Å²) in [6.45, 7) is 0. The van der Waals surface area contributed by atoms with Gasteiger partial charge in [0.1, 0.15) is 22.9 Å². The summed E-state index contributed by atoms with van der Waals surface area (Å²) in [6.07, 6.45) is 4.96. The Bertz CT molecular complexity index is 1150. The molecule has 0 saturated heterocycles. The third-order valence-corrected chi connectivity index (χ3v) is 4.03. The van der Waals surface area contributed by atoms with Crippen molar-refractivity contribution in [2.45, 2.75) is 0 Å². The van der Waals surface area contributed by atoms with Crippen LogP contribution < -0.4 is 15.5 Å². The van der Waals surface area contributed by atoms with Crippen LogP contribution in [0.1, 0.15) is 5.56 Å². The standard InChI is InChI=1S/C21H17N5O3/c27-16-5-1-14(2-6-16)13-24-26-21(28)25-15-3-7-17(8-4-15)29-19-10-12-23-20-18(19)9-11-22-20/h1-13,27H,(H,22,23)(H2,25,26,28)/b24-13+. The predicted octanol–water partition coefficient (Wildman–Crippen LogP) is 4.22. The molecule has 0 atom stereocenters. The normalized spacial score (nSPS) is 10.9. The highest BCUT2D eigenvalue weighted by Gasteiger charge is 2.06. The number of pyridine rings is 1. The minimum atomic E-state index is -0.475. The maximum Gasteiger partial charge on any atom is 0.339 e. The zero-order valence-electron chi connectivity index (χ0n) is 15.2. The van der Waals surface area contributed by atoms with Crippen molar-refractivity contribution >= 4 is 29.0 Å². The summed E-state index contributed by atoms with van der Waals surface area (Å²) in [4.78, 5) is 19.2. The number of fused-ring (bicyclic) bond motifs is 1. The molecule has 0 unspecified atom stereocenters. The van der Waals surface area contributed by atoms with Gasteiger partial charge in [-0.3, -0.25) is 0 Å². The molecule has 144 valence electrons. The Morgan fingerprint density at radius 2 is 1.86 bits per heavy atom. The number of ether oxygens (including phenoxy) is 1. The number of H-pyrrole nitrogens is 1. The smallest absolute Gasteiger partial charge is 0.339 e. The molecule has 0 aliphatic heterocycles. The van der Waals surface area contributed by atoms with Crippen molar-refractivity contribution in [1.82, 2.24) is 15.4 Å². The number of phenolic OH excluding ortho intramolecular Hbond substituents is 1. The summed E-state index contributed by atoms with van der Waals surface area (Å²) < 4.78 is 5.90. The highest BCUT2D eigenvalue weighted by molar-refractivity contribution is 5.90. The second kappa shape index (κ2) is 8.13. The number of nitrogens with one attached hydrogen (secondary N) is 3. The summed E-state index contributed by atoms with van der Waals surface area (Å²) in [6, 6.07) is 16.6. The second-order valence-electron chi connectivity index (χ2n) is 6.09. The van der Waals surface area contributed by atoms with Crippen LogP contribution in [0.15, 0.2) is 78.2 Å². The maximum absolute atomic E-state index is 11.9. The van der Waals surface area contributed by atoms with E-state index < -0.39 is 6.03 Å². The molecule has 4 N–H and O–H groups in total. The monoisotopic (exact) mass is 387 g/mol. The predicted molar refractivity (Wildman–Crippen MR) is 110 cm³/mol. The summed E-state index contributed by atoms with van der Waals surface area (Å²) in [5, 5.41) is 16.7. The van der Waals surface area contributed by atoms with E-state index in [1.165, 1.54) is 18.3 Å². The average Bonchev–Trinajstić information content (AvgIpc) is 3.21. The molecule has 0 radical (unpaired) electrons. The van der Waals surface area contributed by atoms with Gasteiger partial charge >= 0.3 is 6.03 Å². The molecule has 2 aromatic carbocycles. The number of amides is 2. The number of aromatic amines is 1. The fourth-order valence-corrected chi connectivity index (χ4v) is 2.64. The topological polar surface area (TPSA) is 112 Å². The minimum absolute atomic E-state index is 0.168. The molecule has 0 spiro atoms. The number of nitrogens with zero attached hydrogens (tertiary/aromatic N) is 2. The van der Waals surface area contributed by atoms with Crippen LogP contribution in [0, 0.1) is 0 Å². The first-order chi connectivity index (χ1) is 14.2. The number of carbonyl (C=O) groups excluding carboxylic acids is 1. The molecule has 4 rings (SSSR count). The third-order valence-electron chi connectivity index (χ3n) is 4.03. The SMILES string of the molecule is O=C(N/N=C/c1ccc(O)cc1)Nc1ccc(Oc2ccnc3[nH]ccc23)cc1. The van der Waals surface area contributed by atoms with E-state index in [4.69, 9.17) is 4.74 Å². The lowest BCUT2D eigenvalue weighted by Crippen LogP contribution is -2.24. The summed E-state index contributed by atoms with van der Waals surface area (Å²) >= 11 is 0. The lowest BCUT2D eigenvalue weighted by molar-refractivity contribution is 0.252. The van der Waals surface area contributed by atoms with Crippen molar-refractivity contribution in [3.8, 4) is 17.2 Å². The molecule has 29 heavy (non-hydrogen) atoms. The van der Waals surface area contributed by atoms with Gasteiger partial charge in [-0.1, -0.05) is 0 Å². The Kier molecular flexibility index (Phi) is 5.06. The van der Waals surface area contributed by atoms with Crippen LogP contribution in [-0.2, 0) is 0 Å². The number of rotatable bonds is 5. The van der Waals surface area contributed by atoms with Gasteiger partial charge in [-0.2, -0.15) is 5.10 Å². The Morgan fingerprint density at radius 3 is 2.66 bits per heavy atom. The van der Waals surface area contributed by atoms with Crippen molar-refractivity contribution in [3.05, 3.63) is 78.6 Å². The van der Waals surface area contributed by atoms with Crippen LogP contribution in [0.4, 0.5) is 10.5 Å². The van der Waals surface area contributed by atoms with Gasteiger partial charge in [0.2, 0.25) is 0 Å². The highest BCUT2D eigenvalue weighted by Crippen LogP contribution is 2.28. The summed E-state index contributed by atoms with van der Waals surface area (Å²) in [5.74, 6) is 1.50. The summed E-state index contributed by atoms with van der Waals surface area (Å²) in [5.41, 5.74) is 4.48. The molecule has 0 aliphatic rings. The first kappa shape index (κ1) is 18.1. The van der Waals surface area contributed by atoms with Crippen molar-refractivity contribution in [3.63, 3.8) is 0 Å². The van der Waals surface area contributed by atoms with E-state index in [2.05, 4.69) is 25.8 Å². The number of aromatic nitrogens is 2. The van der Waals surface area contributed by atoms with Crippen molar-refractivity contribution in [2.75, 3.05) is 5.32 Å². The van der Waals surface area contributed by atoms with Gasteiger partial charge in [0.05, 0.1) is 11.6 Å². The highest BCUT2D eigenvalue weighted by atomic mass is 16.5. The van der Waals surface area contributed by atoms with E-state index in [-0.39, 0.29) is 5.75 Å². The van der Waals surface area contributed by atoms with E-state index in [0.717, 1.165) is 16.6 Å². The third kappa shape index (κ3) is 4.51. The number of benzene rings is 2. The number of hydrazone groups is 1. The van der Waals surface area contributed by atoms with Crippen LogP contribution in [0.2, 0.25) is 0 Å².